The molecule has 2 aromatic rings. The summed E-state index contributed by atoms with van der Waals surface area (Å²) >= 11 is 3.49. The monoisotopic (exact) mass is 349 g/mol. The van der Waals surface area contributed by atoms with E-state index in [-0.39, 0.29) is 6.04 Å². The van der Waals surface area contributed by atoms with Crippen LogP contribution in [0.25, 0.3) is 0 Å². The van der Waals surface area contributed by atoms with Crippen LogP contribution in [0, 0.1) is 0 Å². The summed E-state index contributed by atoms with van der Waals surface area (Å²) in [6, 6.07) is 15.8. The molecule has 3 nitrogen and oxygen atoms in total. The van der Waals surface area contributed by atoms with Crippen molar-refractivity contribution in [3.05, 3.63) is 64.1 Å². The highest BCUT2D eigenvalue weighted by molar-refractivity contribution is 9.10. The smallest absolute Gasteiger partial charge is 0.133 e. The number of rotatable bonds is 6. The molecule has 112 valence electrons. The van der Waals surface area contributed by atoms with Gasteiger partial charge in [-0.05, 0) is 46.1 Å². The Bertz CT molecular complexity index is 574. The zero-order valence-electron chi connectivity index (χ0n) is 12.2. The van der Waals surface area contributed by atoms with Gasteiger partial charge in [0.15, 0.2) is 0 Å². The molecule has 0 radical (unpaired) electrons. The lowest BCUT2D eigenvalue weighted by Crippen LogP contribution is -2.24. The van der Waals surface area contributed by atoms with Crippen LogP contribution in [0.5, 0.6) is 5.75 Å². The molecule has 4 heteroatoms. The minimum Gasteiger partial charge on any atom is -0.496 e. The lowest BCUT2D eigenvalue weighted by atomic mass is 10.1. The summed E-state index contributed by atoms with van der Waals surface area (Å²) in [5.41, 5.74) is 2.07. The SMILES string of the molecule is COc1ccc(C(C)NCC(O)c2ccccc2)cc1Br. The summed E-state index contributed by atoms with van der Waals surface area (Å²) in [4.78, 5) is 0. The van der Waals surface area contributed by atoms with Gasteiger partial charge >= 0.3 is 0 Å². The molecule has 0 heterocycles. The van der Waals surface area contributed by atoms with E-state index in [0.29, 0.717) is 6.54 Å². The third kappa shape index (κ3) is 4.30. The maximum atomic E-state index is 10.2. The number of methoxy groups -OCH3 is 1. The maximum Gasteiger partial charge on any atom is 0.133 e. The minimum atomic E-state index is -0.504. The second-order valence-corrected chi connectivity index (χ2v) is 5.80. The fourth-order valence-electron chi connectivity index (χ4n) is 2.15. The predicted molar refractivity (Wildman–Crippen MR) is 88.5 cm³/mol. The Hall–Kier alpha value is -1.36. The standard InChI is InChI=1S/C17H20BrNO2/c1-12(14-8-9-17(21-2)15(18)10-14)19-11-16(20)13-6-4-3-5-7-13/h3-10,12,16,19-20H,11H2,1-2H3. The molecular weight excluding hydrogens is 330 g/mol. The van der Waals surface area contributed by atoms with Crippen molar-refractivity contribution in [2.75, 3.05) is 13.7 Å². The maximum absolute atomic E-state index is 10.2. The van der Waals surface area contributed by atoms with Crippen LogP contribution in [-0.2, 0) is 0 Å². The van der Waals surface area contributed by atoms with Crippen LogP contribution in [0.3, 0.4) is 0 Å². The molecule has 0 aromatic heterocycles. The topological polar surface area (TPSA) is 41.5 Å². The molecule has 2 atom stereocenters. The van der Waals surface area contributed by atoms with Gasteiger partial charge in [-0.15, -0.1) is 0 Å². The number of benzene rings is 2. The molecule has 0 aliphatic carbocycles. The van der Waals surface area contributed by atoms with E-state index in [1.54, 1.807) is 7.11 Å². The van der Waals surface area contributed by atoms with Crippen LogP contribution in [0.2, 0.25) is 0 Å². The lowest BCUT2D eigenvalue weighted by molar-refractivity contribution is 0.171. The van der Waals surface area contributed by atoms with E-state index >= 15 is 0 Å². The third-order valence-electron chi connectivity index (χ3n) is 3.48. The Morgan fingerprint density at radius 2 is 1.86 bits per heavy atom. The van der Waals surface area contributed by atoms with Gasteiger partial charge in [-0.2, -0.15) is 0 Å². The van der Waals surface area contributed by atoms with E-state index < -0.39 is 6.10 Å². The highest BCUT2D eigenvalue weighted by Crippen LogP contribution is 2.28. The molecule has 0 aliphatic heterocycles. The van der Waals surface area contributed by atoms with Crippen LogP contribution < -0.4 is 10.1 Å². The van der Waals surface area contributed by atoms with Crippen molar-refractivity contribution < 1.29 is 9.84 Å². The second-order valence-electron chi connectivity index (χ2n) is 4.95. The van der Waals surface area contributed by atoms with E-state index in [2.05, 4.69) is 28.2 Å². The number of aliphatic hydroxyl groups is 1. The fraction of sp³-hybridized carbons (Fsp3) is 0.294. The largest absolute Gasteiger partial charge is 0.496 e. The van der Waals surface area contributed by atoms with Crippen molar-refractivity contribution in [2.24, 2.45) is 0 Å². The molecule has 0 saturated heterocycles. The lowest BCUT2D eigenvalue weighted by Gasteiger charge is -2.18. The number of hydrogen-bond acceptors (Lipinski definition) is 3. The quantitative estimate of drug-likeness (QED) is 0.832. The zero-order chi connectivity index (χ0) is 15.2. The fourth-order valence-corrected chi connectivity index (χ4v) is 2.71. The summed E-state index contributed by atoms with van der Waals surface area (Å²) in [5, 5.41) is 13.5. The number of nitrogens with one attached hydrogen (secondary N) is 1. The summed E-state index contributed by atoms with van der Waals surface area (Å²) in [6.45, 7) is 2.58. The normalized spacial score (nSPS) is 13.7. The Labute approximate surface area is 134 Å². The molecule has 0 bridgehead atoms. The second kappa shape index (κ2) is 7.59. The molecule has 2 N–H and O–H groups in total. The van der Waals surface area contributed by atoms with E-state index in [0.717, 1.165) is 21.3 Å². The van der Waals surface area contributed by atoms with Crippen molar-refractivity contribution >= 4 is 15.9 Å². The average molecular weight is 350 g/mol. The van der Waals surface area contributed by atoms with Crippen molar-refractivity contribution in [1.82, 2.24) is 5.32 Å². The van der Waals surface area contributed by atoms with Gasteiger partial charge in [-0.1, -0.05) is 36.4 Å². The summed E-state index contributed by atoms with van der Waals surface area (Å²) in [7, 11) is 1.65. The Morgan fingerprint density at radius 1 is 1.14 bits per heavy atom. The van der Waals surface area contributed by atoms with Gasteiger partial charge in [0, 0.05) is 12.6 Å². The van der Waals surface area contributed by atoms with E-state index in [9.17, 15) is 5.11 Å². The summed E-state index contributed by atoms with van der Waals surface area (Å²) in [5.74, 6) is 0.815. The van der Waals surface area contributed by atoms with Crippen LogP contribution >= 0.6 is 15.9 Å². The van der Waals surface area contributed by atoms with Gasteiger partial charge in [0.2, 0.25) is 0 Å². The first-order valence-corrected chi connectivity index (χ1v) is 7.71. The van der Waals surface area contributed by atoms with Crippen LogP contribution in [0.4, 0.5) is 0 Å². The van der Waals surface area contributed by atoms with Gasteiger partial charge in [-0.3, -0.25) is 0 Å². The minimum absolute atomic E-state index is 0.144. The van der Waals surface area contributed by atoms with Gasteiger partial charge in [0.25, 0.3) is 0 Å². The Kier molecular flexibility index (Phi) is 5.79. The molecule has 0 aliphatic rings. The van der Waals surface area contributed by atoms with Gasteiger partial charge in [0.1, 0.15) is 5.75 Å². The molecule has 0 amide bonds. The molecule has 21 heavy (non-hydrogen) atoms. The third-order valence-corrected chi connectivity index (χ3v) is 4.10. The Balaban J connectivity index is 1.95. The first-order chi connectivity index (χ1) is 10.1. The summed E-state index contributed by atoms with van der Waals surface area (Å²) in [6.07, 6.45) is -0.504. The van der Waals surface area contributed by atoms with Crippen molar-refractivity contribution in [2.45, 2.75) is 19.1 Å². The van der Waals surface area contributed by atoms with Crippen LogP contribution in [0.15, 0.2) is 53.0 Å². The number of halogens is 1. The van der Waals surface area contributed by atoms with Crippen molar-refractivity contribution in [3.63, 3.8) is 0 Å². The number of aliphatic hydroxyl groups excluding tert-OH is 1. The number of ether oxygens (including phenoxy) is 1. The van der Waals surface area contributed by atoms with Crippen LogP contribution in [0.1, 0.15) is 30.2 Å². The number of hydrogen-bond donors (Lipinski definition) is 2. The van der Waals surface area contributed by atoms with Crippen molar-refractivity contribution in [1.29, 1.82) is 0 Å². The van der Waals surface area contributed by atoms with Gasteiger partial charge in [-0.25, -0.2) is 0 Å². The van der Waals surface area contributed by atoms with Crippen LogP contribution in [-0.4, -0.2) is 18.8 Å². The van der Waals surface area contributed by atoms with Crippen molar-refractivity contribution in [3.8, 4) is 5.75 Å². The summed E-state index contributed by atoms with van der Waals surface area (Å²) < 4.78 is 6.16. The van der Waals surface area contributed by atoms with Gasteiger partial charge < -0.3 is 15.2 Å². The molecule has 2 unspecified atom stereocenters. The molecular formula is C17H20BrNO2. The predicted octanol–water partition coefficient (Wildman–Crippen LogP) is 3.84. The molecule has 2 rings (SSSR count). The Morgan fingerprint density at radius 3 is 2.48 bits per heavy atom. The molecule has 0 saturated carbocycles. The first kappa shape index (κ1) is 16.0. The average Bonchev–Trinajstić information content (AvgIpc) is 2.53. The first-order valence-electron chi connectivity index (χ1n) is 6.91. The highest BCUT2D eigenvalue weighted by atomic mass is 79.9. The molecule has 0 fully saturated rings. The van der Waals surface area contributed by atoms with E-state index in [4.69, 9.17) is 4.74 Å². The van der Waals surface area contributed by atoms with Gasteiger partial charge in [0.05, 0.1) is 17.7 Å². The van der Waals surface area contributed by atoms with E-state index in [1.807, 2.05) is 48.5 Å². The van der Waals surface area contributed by atoms with E-state index in [1.165, 1.54) is 0 Å². The zero-order valence-corrected chi connectivity index (χ0v) is 13.8. The molecule has 2 aromatic carbocycles. The highest BCUT2D eigenvalue weighted by Gasteiger charge is 2.11. The molecule has 0 spiro atoms.